The monoisotopic (exact) mass is 211 g/mol. The molecule has 0 rings (SSSR count). The molecule has 0 aliphatic carbocycles. The molecule has 0 aliphatic rings. The van der Waals surface area contributed by atoms with Gasteiger partial charge in [0, 0.05) is 40.6 Å². The number of hydrogen-bond donors (Lipinski definition) is 3. The van der Waals surface area contributed by atoms with Crippen molar-refractivity contribution in [2.45, 2.75) is 5.25 Å². The first-order valence-electron chi connectivity index (χ1n) is 2.20. The summed E-state index contributed by atoms with van der Waals surface area (Å²) in [6.07, 6.45) is 0. The van der Waals surface area contributed by atoms with E-state index in [1.165, 1.54) is 0 Å². The van der Waals surface area contributed by atoms with Gasteiger partial charge in [-0.05, 0) is 0 Å². The molecule has 0 heterocycles. The molecule has 1 radical (unpaired) electrons. The van der Waals surface area contributed by atoms with E-state index in [2.05, 4.69) is 25.3 Å². The van der Waals surface area contributed by atoms with Gasteiger partial charge >= 0.3 is 0 Å². The summed E-state index contributed by atoms with van der Waals surface area (Å²) in [7, 11) is -3.86. The van der Waals surface area contributed by atoms with E-state index in [0.29, 0.717) is 5.75 Å². The standard InChI is InChI=1S/C3H8O3S3.Na/c4-9(5,6)2-3(8)1-7;/h3,7-8H,1-2H2,(H,4,5,6);. The predicted octanol–water partition coefficient (Wildman–Crippen LogP) is -0.278. The molecule has 3 nitrogen and oxygen atoms in total. The zero-order valence-electron chi connectivity index (χ0n) is 5.56. The van der Waals surface area contributed by atoms with Crippen LogP contribution in [0.4, 0.5) is 0 Å². The topological polar surface area (TPSA) is 54.4 Å². The molecule has 0 saturated heterocycles. The van der Waals surface area contributed by atoms with Crippen molar-refractivity contribution in [3.05, 3.63) is 0 Å². The van der Waals surface area contributed by atoms with Crippen LogP contribution < -0.4 is 0 Å². The summed E-state index contributed by atoms with van der Waals surface area (Å²) in [5.74, 6) is 0.00249. The van der Waals surface area contributed by atoms with E-state index in [4.69, 9.17) is 4.55 Å². The van der Waals surface area contributed by atoms with Gasteiger partial charge in [0.1, 0.15) is 0 Å². The Kier molecular flexibility index (Phi) is 8.72. The fraction of sp³-hybridized carbons (Fsp3) is 1.00. The zero-order chi connectivity index (χ0) is 7.49. The largest absolute Gasteiger partial charge is 0.286 e. The van der Waals surface area contributed by atoms with Crippen LogP contribution in [0.15, 0.2) is 0 Å². The van der Waals surface area contributed by atoms with Gasteiger partial charge in [-0.15, -0.1) is 0 Å². The van der Waals surface area contributed by atoms with Crippen molar-refractivity contribution in [3.63, 3.8) is 0 Å². The summed E-state index contributed by atoms with van der Waals surface area (Å²) < 4.78 is 28.4. The minimum atomic E-state index is -3.86. The van der Waals surface area contributed by atoms with Gasteiger partial charge in [-0.25, -0.2) is 0 Å². The minimum absolute atomic E-state index is 0. The van der Waals surface area contributed by atoms with Gasteiger partial charge in [0.15, 0.2) is 0 Å². The van der Waals surface area contributed by atoms with Gasteiger partial charge in [0.05, 0.1) is 5.75 Å². The van der Waals surface area contributed by atoms with E-state index < -0.39 is 10.1 Å². The van der Waals surface area contributed by atoms with Gasteiger partial charge in [-0.3, -0.25) is 4.55 Å². The number of hydrogen-bond acceptors (Lipinski definition) is 4. The SMILES string of the molecule is O=S(=O)(O)CC(S)CS.[Na]. The molecule has 0 aromatic rings. The normalized spacial score (nSPS) is 13.9. The second kappa shape index (κ2) is 6.16. The van der Waals surface area contributed by atoms with Crippen LogP contribution in [0.25, 0.3) is 0 Å². The maximum absolute atomic E-state index is 10.1. The van der Waals surface area contributed by atoms with Crippen LogP contribution >= 0.6 is 25.3 Å². The molecule has 0 bridgehead atoms. The van der Waals surface area contributed by atoms with Gasteiger partial charge in [0.2, 0.25) is 0 Å². The molecule has 1 atom stereocenters. The molecule has 0 spiro atoms. The zero-order valence-corrected chi connectivity index (χ0v) is 10.2. The first-order chi connectivity index (χ1) is 3.95. The third kappa shape index (κ3) is 9.61. The molecule has 1 unspecified atom stereocenters. The van der Waals surface area contributed by atoms with E-state index in [-0.39, 0.29) is 40.6 Å². The summed E-state index contributed by atoms with van der Waals surface area (Å²) in [5, 5.41) is -0.386. The quantitative estimate of drug-likeness (QED) is 0.342. The molecule has 1 N–H and O–H groups in total. The molecule has 7 heteroatoms. The maximum Gasteiger partial charge on any atom is 0.265 e. The van der Waals surface area contributed by atoms with Gasteiger partial charge < -0.3 is 0 Å². The average Bonchev–Trinajstić information content (AvgIpc) is 1.62. The molecule has 0 aromatic heterocycles. The van der Waals surface area contributed by atoms with Crippen LogP contribution in [-0.2, 0) is 10.1 Å². The van der Waals surface area contributed by atoms with Crippen molar-refractivity contribution in [1.82, 2.24) is 0 Å². The van der Waals surface area contributed by atoms with Crippen LogP contribution in [0.2, 0.25) is 0 Å². The molecule has 57 valence electrons. The summed E-state index contributed by atoms with van der Waals surface area (Å²) in [4.78, 5) is 0. The number of rotatable bonds is 3. The molecule has 0 aliphatic heterocycles. The van der Waals surface area contributed by atoms with Crippen molar-refractivity contribution in [2.24, 2.45) is 0 Å². The van der Waals surface area contributed by atoms with E-state index in [0.717, 1.165) is 0 Å². The van der Waals surface area contributed by atoms with E-state index in [1.807, 2.05) is 0 Å². The second-order valence-electron chi connectivity index (χ2n) is 1.58. The van der Waals surface area contributed by atoms with Crippen molar-refractivity contribution in [2.75, 3.05) is 11.5 Å². The van der Waals surface area contributed by atoms with Crippen LogP contribution in [0.3, 0.4) is 0 Å². The van der Waals surface area contributed by atoms with Crippen molar-refractivity contribution < 1.29 is 13.0 Å². The Hall–Kier alpha value is 1.61. The average molecular weight is 211 g/mol. The Balaban J connectivity index is 0. The van der Waals surface area contributed by atoms with Crippen LogP contribution in [0, 0.1) is 0 Å². The van der Waals surface area contributed by atoms with Gasteiger partial charge in [0.25, 0.3) is 10.1 Å². The molecule has 10 heavy (non-hydrogen) atoms. The summed E-state index contributed by atoms with van der Waals surface area (Å²) in [6.45, 7) is 0. The third-order valence-corrected chi connectivity index (χ3v) is 2.78. The van der Waals surface area contributed by atoms with Crippen molar-refractivity contribution in [3.8, 4) is 0 Å². The Morgan fingerprint density at radius 2 is 1.90 bits per heavy atom. The van der Waals surface area contributed by atoms with Crippen LogP contribution in [-0.4, -0.2) is 59.3 Å². The van der Waals surface area contributed by atoms with E-state index in [9.17, 15) is 8.42 Å². The van der Waals surface area contributed by atoms with Gasteiger partial charge in [-0.1, -0.05) is 0 Å². The third-order valence-electron chi connectivity index (χ3n) is 0.614. The smallest absolute Gasteiger partial charge is 0.265 e. The summed E-state index contributed by atoms with van der Waals surface area (Å²) >= 11 is 7.58. The van der Waals surface area contributed by atoms with E-state index >= 15 is 0 Å². The molecule has 0 aromatic carbocycles. The maximum atomic E-state index is 10.1. The van der Waals surface area contributed by atoms with Crippen LogP contribution in [0.5, 0.6) is 0 Å². The number of thiol groups is 2. The minimum Gasteiger partial charge on any atom is -0.286 e. The van der Waals surface area contributed by atoms with Crippen molar-refractivity contribution in [1.29, 1.82) is 0 Å². The molecule has 0 amide bonds. The molecular weight excluding hydrogens is 203 g/mol. The Labute approximate surface area is 93.8 Å². The predicted molar refractivity (Wildman–Crippen MR) is 48.8 cm³/mol. The summed E-state index contributed by atoms with van der Waals surface area (Å²) in [5.41, 5.74) is 0. The van der Waals surface area contributed by atoms with Crippen molar-refractivity contribution >= 4 is 64.9 Å². The first-order valence-corrected chi connectivity index (χ1v) is 4.95. The fourth-order valence-corrected chi connectivity index (χ4v) is 1.77. The molecule has 0 fully saturated rings. The first kappa shape index (κ1) is 14.2. The molecular formula is C3H8NaO3S3. The Bertz CT molecular complexity index is 166. The second-order valence-corrected chi connectivity index (χ2v) is 4.18. The van der Waals surface area contributed by atoms with Crippen LogP contribution in [0.1, 0.15) is 0 Å². The molecule has 0 saturated carbocycles. The Morgan fingerprint density at radius 3 is 2.00 bits per heavy atom. The van der Waals surface area contributed by atoms with Gasteiger partial charge in [-0.2, -0.15) is 33.7 Å². The Morgan fingerprint density at radius 1 is 1.50 bits per heavy atom. The summed E-state index contributed by atoms with van der Waals surface area (Å²) in [6, 6.07) is 0. The fourth-order valence-electron chi connectivity index (χ4n) is 0.296. The van der Waals surface area contributed by atoms with E-state index in [1.54, 1.807) is 0 Å².